The van der Waals surface area contributed by atoms with E-state index in [9.17, 15) is 58.2 Å². The molecule has 2 saturated heterocycles. The molecule has 2 aromatic carbocycles. The zero-order valence-corrected chi connectivity index (χ0v) is 50.7. The van der Waals surface area contributed by atoms with Gasteiger partial charge >= 0.3 is 0 Å². The number of aromatic nitrogens is 3. The summed E-state index contributed by atoms with van der Waals surface area (Å²) in [6.07, 6.45) is 6.13. The fraction of sp³-hybridized carbons (Fsp3) is 0.533. The number of hydrogen-bond donors (Lipinski definition) is 14. The summed E-state index contributed by atoms with van der Waals surface area (Å²) in [6, 6.07) is 1.66. The number of phenolic OH excluding ortho intramolecular Hbond substituents is 1. The molecular formula is C60H86N16O12. The van der Waals surface area contributed by atoms with Gasteiger partial charge in [0.25, 0.3) is 0 Å². The Balaban J connectivity index is 1.24. The first-order valence-electron chi connectivity index (χ1n) is 29.9. The molecule has 0 saturated carbocycles. The average Bonchev–Trinajstić information content (AvgIpc) is 4.55. The predicted molar refractivity (Wildman–Crippen MR) is 325 cm³/mol. The molecule has 6 rings (SSSR count). The number of aliphatic hydroxyl groups is 1. The quantitative estimate of drug-likeness (QED) is 0.0157. The summed E-state index contributed by atoms with van der Waals surface area (Å²) in [6.45, 7) is 8.79. The lowest BCUT2D eigenvalue weighted by Crippen LogP contribution is -2.62. The largest absolute Gasteiger partial charge is 0.508 e. The predicted octanol–water partition coefficient (Wildman–Crippen LogP) is -1.10. The van der Waals surface area contributed by atoms with Crippen LogP contribution in [-0.4, -0.2) is 188 Å². The first-order valence-corrected chi connectivity index (χ1v) is 29.9. The molecule has 478 valence electrons. The second kappa shape index (κ2) is 32.6. The number of nitrogens with two attached hydrogens (primary N) is 2. The van der Waals surface area contributed by atoms with Gasteiger partial charge in [0.05, 0.1) is 12.9 Å². The van der Waals surface area contributed by atoms with Crippen LogP contribution in [0.25, 0.3) is 10.9 Å². The maximum Gasteiger partial charge on any atom is 0.245 e. The van der Waals surface area contributed by atoms with Crippen LogP contribution in [-0.2, 0) is 67.2 Å². The highest BCUT2D eigenvalue weighted by Crippen LogP contribution is 2.24. The van der Waals surface area contributed by atoms with Crippen molar-refractivity contribution in [3.63, 3.8) is 0 Å². The number of rotatable bonds is 32. The number of benzene rings is 2. The number of nitrogens with one attached hydrogen (secondary N) is 10. The summed E-state index contributed by atoms with van der Waals surface area (Å²) >= 11 is 0. The van der Waals surface area contributed by atoms with Crippen LogP contribution < -0.4 is 54.0 Å². The summed E-state index contributed by atoms with van der Waals surface area (Å²) in [5.74, 6) is -7.73. The highest BCUT2D eigenvalue weighted by atomic mass is 16.3. The Hall–Kier alpha value is -9.08. The van der Waals surface area contributed by atoms with E-state index < -0.39 is 114 Å². The van der Waals surface area contributed by atoms with Gasteiger partial charge in [-0.3, -0.25) is 52.9 Å². The number of guanidine groups is 1. The summed E-state index contributed by atoms with van der Waals surface area (Å²) < 4.78 is 0. The number of likely N-dealkylation sites (tertiary alicyclic amines) is 1. The molecule has 2 aliphatic heterocycles. The minimum absolute atomic E-state index is 0.0497. The van der Waals surface area contributed by atoms with Crippen LogP contribution in [0.4, 0.5) is 0 Å². The van der Waals surface area contributed by atoms with Crippen molar-refractivity contribution < 1.29 is 58.2 Å². The van der Waals surface area contributed by atoms with Gasteiger partial charge in [0.1, 0.15) is 60.1 Å². The Morgan fingerprint density at radius 2 is 1.41 bits per heavy atom. The third-order valence-electron chi connectivity index (χ3n) is 15.8. The number of para-hydroxylation sites is 1. The molecule has 88 heavy (non-hydrogen) atoms. The van der Waals surface area contributed by atoms with Crippen LogP contribution in [0, 0.1) is 11.8 Å². The van der Waals surface area contributed by atoms with E-state index in [1.807, 2.05) is 32.9 Å². The number of fused-ring (bicyclic) bond motifs is 1. The first-order chi connectivity index (χ1) is 42.0. The molecule has 10 atom stereocenters. The molecule has 0 spiro atoms. The van der Waals surface area contributed by atoms with E-state index in [4.69, 9.17) is 11.5 Å². The maximum atomic E-state index is 15.0. The Kier molecular flexibility index (Phi) is 25.2. The van der Waals surface area contributed by atoms with Crippen LogP contribution in [0.1, 0.15) is 103 Å². The van der Waals surface area contributed by atoms with Crippen molar-refractivity contribution in [2.45, 2.75) is 160 Å². The second-order valence-corrected chi connectivity index (χ2v) is 22.9. The summed E-state index contributed by atoms with van der Waals surface area (Å²) in [4.78, 5) is 158. The number of carbonyl (C=O) groups excluding carboxylic acids is 10. The van der Waals surface area contributed by atoms with Gasteiger partial charge in [-0.25, -0.2) is 4.98 Å². The number of hydrogen-bond acceptors (Lipinski definition) is 14. The zero-order chi connectivity index (χ0) is 64.2. The van der Waals surface area contributed by atoms with Crippen molar-refractivity contribution in [1.82, 2.24) is 67.3 Å². The molecule has 2 aromatic heterocycles. The van der Waals surface area contributed by atoms with Crippen molar-refractivity contribution in [3.05, 3.63) is 84.1 Å². The second-order valence-electron chi connectivity index (χ2n) is 22.9. The molecule has 0 aliphatic carbocycles. The van der Waals surface area contributed by atoms with Gasteiger partial charge in [-0.05, 0) is 86.6 Å². The van der Waals surface area contributed by atoms with Crippen molar-refractivity contribution >= 4 is 75.9 Å². The first kappa shape index (κ1) is 68.0. The summed E-state index contributed by atoms with van der Waals surface area (Å²) in [5.41, 5.74) is 13.3. The average molecular weight is 1220 g/mol. The Labute approximate surface area is 510 Å². The minimum Gasteiger partial charge on any atom is -0.508 e. The molecular weight excluding hydrogens is 1140 g/mol. The van der Waals surface area contributed by atoms with Crippen LogP contribution in [0.2, 0.25) is 0 Å². The van der Waals surface area contributed by atoms with E-state index in [1.54, 1.807) is 32.2 Å². The number of nitrogens with zero attached hydrogens (tertiary/aromatic N) is 4. The van der Waals surface area contributed by atoms with Gasteiger partial charge in [-0.1, -0.05) is 64.4 Å². The van der Waals surface area contributed by atoms with Gasteiger partial charge in [-0.2, -0.15) is 0 Å². The van der Waals surface area contributed by atoms with Crippen LogP contribution in [0.5, 0.6) is 5.75 Å². The monoisotopic (exact) mass is 1220 g/mol. The number of aromatic amines is 2. The Bertz CT molecular complexity index is 3090. The number of carbonyl (C=O) groups is 10. The SMILES string of the molecule is CCNC(=O)[C@@H]1CCCN1C(=O)[C@H](CCCN=C(N)N)NC(=O)[C@H]([C@@H](C)CC)N(C)C(=O)[C@@H](CC(C)C)NC(=O)[C@H](Cc1ccc(O)cc1)NC(=O)[C@H](CO)NC(=O)[C@H](Cc1c[nH]c2ccccc12)NC(=O)[C@H](Cc1cnc[nH]1)NC(=O)C1CCC(=O)N1. The molecule has 10 amide bonds. The fourth-order valence-corrected chi connectivity index (χ4v) is 10.9. The fourth-order valence-electron chi connectivity index (χ4n) is 10.9. The van der Waals surface area contributed by atoms with Crippen molar-refractivity contribution in [2.24, 2.45) is 28.3 Å². The van der Waals surface area contributed by atoms with Gasteiger partial charge in [-0.15, -0.1) is 0 Å². The number of aromatic hydroxyl groups is 1. The summed E-state index contributed by atoms with van der Waals surface area (Å²) in [7, 11) is 1.42. The molecule has 4 heterocycles. The smallest absolute Gasteiger partial charge is 0.245 e. The number of amides is 10. The lowest BCUT2D eigenvalue weighted by Gasteiger charge is -2.36. The van der Waals surface area contributed by atoms with Gasteiger partial charge in [0.2, 0.25) is 59.1 Å². The topological polar surface area (TPSA) is 423 Å². The van der Waals surface area contributed by atoms with Crippen LogP contribution in [0.15, 0.2) is 72.2 Å². The van der Waals surface area contributed by atoms with Crippen LogP contribution in [0.3, 0.4) is 0 Å². The molecule has 1 unspecified atom stereocenters. The molecule has 0 radical (unpaired) electrons. The van der Waals surface area contributed by atoms with E-state index in [0.717, 1.165) is 5.52 Å². The van der Waals surface area contributed by atoms with Gasteiger partial charge < -0.3 is 84.0 Å². The Morgan fingerprint density at radius 3 is 2.02 bits per heavy atom. The number of H-pyrrole nitrogens is 2. The van der Waals surface area contributed by atoms with Crippen molar-refractivity contribution in [3.8, 4) is 5.75 Å². The van der Waals surface area contributed by atoms with E-state index in [-0.39, 0.29) is 93.9 Å². The van der Waals surface area contributed by atoms with Gasteiger partial charge in [0, 0.05) is 81.4 Å². The van der Waals surface area contributed by atoms with E-state index in [0.29, 0.717) is 48.0 Å². The molecule has 16 N–H and O–H groups in total. The lowest BCUT2D eigenvalue weighted by molar-refractivity contribution is -0.146. The molecule has 28 heteroatoms. The molecule has 28 nitrogen and oxygen atoms in total. The van der Waals surface area contributed by atoms with Crippen LogP contribution >= 0.6 is 0 Å². The summed E-state index contributed by atoms with van der Waals surface area (Å²) in [5, 5.41) is 43.3. The molecule has 2 fully saturated rings. The Morgan fingerprint density at radius 1 is 0.773 bits per heavy atom. The molecule has 2 aliphatic rings. The van der Waals surface area contributed by atoms with Crippen molar-refractivity contribution in [1.29, 1.82) is 0 Å². The van der Waals surface area contributed by atoms with Gasteiger partial charge in [0.15, 0.2) is 5.96 Å². The lowest BCUT2D eigenvalue weighted by atomic mass is 9.94. The third-order valence-corrected chi connectivity index (χ3v) is 15.8. The minimum atomic E-state index is -1.75. The number of imidazole rings is 1. The number of aliphatic imine (C=N–C) groups is 1. The molecule has 4 aromatic rings. The standard InChI is InChI=1S/C60H86N16O12/c1-7-34(5)50(57(86)69-42(15-11-23-65-60(61)62)59(88)76-24-12-16-48(76)56(85)64-8-2)75(6)58(87)46(25-33(3)4)73-52(81)43(26-35-17-19-38(78)20-18-35)70-55(84)47(31-77)74-53(82)44(27-36-29-66-40-14-10-9-13-39(36)40)71-54(83)45(28-37-30-63-32-67-37)72-51(80)41-21-22-49(79)68-41/h9-10,13-14,17-20,29-30,32-34,41-48,50,66,77-78H,7-8,11-12,15-16,21-28,31H2,1-6H3,(H,63,67)(H,64,85)(H,68,79)(H,69,86)(H,70,84)(H,71,83)(H,72,80)(H,73,81)(H,74,82)(H4,61,62,65)/t34-,41?,42-,43-,44-,45-,46+,47-,48-,50-/m0/s1. The van der Waals surface area contributed by atoms with E-state index in [2.05, 4.69) is 62.5 Å². The van der Waals surface area contributed by atoms with E-state index in [1.165, 1.54) is 53.6 Å². The highest BCUT2D eigenvalue weighted by Gasteiger charge is 2.42. The normalized spacial score (nSPS) is 17.4. The zero-order valence-electron chi connectivity index (χ0n) is 50.7. The number of phenols is 1. The number of aliphatic hydroxyl groups excluding tert-OH is 1. The van der Waals surface area contributed by atoms with E-state index >= 15 is 0 Å². The maximum absolute atomic E-state index is 15.0. The molecule has 0 bridgehead atoms. The third kappa shape index (κ3) is 19.0. The number of likely N-dealkylation sites (N-methyl/N-ethyl adjacent to an activating group) is 2. The highest BCUT2D eigenvalue weighted by molar-refractivity contribution is 5.99. The van der Waals surface area contributed by atoms with Crippen molar-refractivity contribution in [2.75, 3.05) is 33.3 Å².